The lowest BCUT2D eigenvalue weighted by atomic mass is 9.91. The highest BCUT2D eigenvalue weighted by Gasteiger charge is 2.18. The van der Waals surface area contributed by atoms with Crippen LogP contribution >= 0.6 is 0 Å². The Kier molecular flexibility index (Phi) is 6.48. The summed E-state index contributed by atoms with van der Waals surface area (Å²) in [5.41, 5.74) is 6.58. The Morgan fingerprint density at radius 3 is 2.43 bits per heavy atom. The molecule has 35 heavy (non-hydrogen) atoms. The molecule has 174 valence electrons. The van der Waals surface area contributed by atoms with Crippen LogP contribution in [0.15, 0.2) is 91.3 Å². The first-order valence-electron chi connectivity index (χ1n) is 11.6. The average Bonchev–Trinajstić information content (AvgIpc) is 2.89. The fourth-order valence-corrected chi connectivity index (χ4v) is 4.24. The maximum Gasteiger partial charge on any atom is 0.232 e. The summed E-state index contributed by atoms with van der Waals surface area (Å²) in [5, 5.41) is 5.98. The largest absolute Gasteiger partial charge is 0.337 e. The zero-order valence-electron chi connectivity index (χ0n) is 19.5. The van der Waals surface area contributed by atoms with E-state index < -0.39 is 0 Å². The maximum absolute atomic E-state index is 11.3. The van der Waals surface area contributed by atoms with Crippen molar-refractivity contribution < 1.29 is 4.79 Å². The Balaban J connectivity index is 1.32. The summed E-state index contributed by atoms with van der Waals surface area (Å²) in [6.45, 7) is 3.02. The highest BCUT2D eigenvalue weighted by Crippen LogP contribution is 2.32. The summed E-state index contributed by atoms with van der Waals surface area (Å²) in [5.74, 6) is 0.972. The van der Waals surface area contributed by atoms with Crippen LogP contribution in [-0.4, -0.2) is 33.9 Å². The van der Waals surface area contributed by atoms with Crippen molar-refractivity contribution in [3.63, 3.8) is 0 Å². The van der Waals surface area contributed by atoms with Crippen LogP contribution < -0.4 is 15.5 Å². The normalized spacial score (nSPS) is 13.2. The molecule has 7 nitrogen and oxygen atoms in total. The lowest BCUT2D eigenvalue weighted by Crippen LogP contribution is -2.30. The predicted molar refractivity (Wildman–Crippen MR) is 141 cm³/mol. The molecule has 5 rings (SSSR count). The zero-order chi connectivity index (χ0) is 24.0. The molecule has 0 saturated heterocycles. The van der Waals surface area contributed by atoms with Gasteiger partial charge >= 0.3 is 0 Å². The molecule has 1 aliphatic heterocycles. The van der Waals surface area contributed by atoms with E-state index in [2.05, 4.69) is 85.1 Å². The van der Waals surface area contributed by atoms with E-state index in [-0.39, 0.29) is 5.91 Å². The molecule has 0 atom stereocenters. The minimum atomic E-state index is -0.117. The molecule has 0 aliphatic carbocycles. The van der Waals surface area contributed by atoms with Crippen LogP contribution in [0.5, 0.6) is 0 Å². The molecule has 0 saturated carbocycles. The van der Waals surface area contributed by atoms with Gasteiger partial charge in [-0.05, 0) is 46.9 Å². The van der Waals surface area contributed by atoms with Crippen LogP contribution in [0.3, 0.4) is 0 Å². The number of carbonyl (C=O) groups excluding carboxylic acids is 1. The molecule has 3 aromatic carbocycles. The van der Waals surface area contributed by atoms with Gasteiger partial charge in [-0.2, -0.15) is 4.98 Å². The summed E-state index contributed by atoms with van der Waals surface area (Å²) in [6, 6.07) is 26.5. The minimum Gasteiger partial charge on any atom is -0.337 e. The molecular formula is C28H26N6O. The zero-order valence-corrected chi connectivity index (χ0v) is 19.5. The summed E-state index contributed by atoms with van der Waals surface area (Å²) in [7, 11) is 0. The van der Waals surface area contributed by atoms with Gasteiger partial charge < -0.3 is 15.5 Å². The number of nitrogens with zero attached hydrogens (tertiary/aromatic N) is 4. The molecule has 0 spiro atoms. The third-order valence-electron chi connectivity index (χ3n) is 5.85. The second-order valence-corrected chi connectivity index (χ2v) is 8.33. The summed E-state index contributed by atoms with van der Waals surface area (Å²) < 4.78 is 0. The van der Waals surface area contributed by atoms with Crippen LogP contribution in [0.2, 0.25) is 0 Å². The number of nitrogens with one attached hydrogen (secondary N) is 2. The molecule has 0 unspecified atom stereocenters. The summed E-state index contributed by atoms with van der Waals surface area (Å²) in [4.78, 5) is 26.8. The maximum atomic E-state index is 11.3. The third kappa shape index (κ3) is 5.35. The molecule has 0 fully saturated rings. The Bertz CT molecular complexity index is 1370. The van der Waals surface area contributed by atoms with Crippen LogP contribution in [0.1, 0.15) is 18.9 Å². The van der Waals surface area contributed by atoms with Gasteiger partial charge in [-0.1, -0.05) is 66.7 Å². The predicted octanol–water partition coefficient (Wildman–Crippen LogP) is 5.53. The first kappa shape index (κ1) is 22.3. The van der Waals surface area contributed by atoms with Crippen molar-refractivity contribution >= 4 is 34.8 Å². The van der Waals surface area contributed by atoms with Crippen molar-refractivity contribution in [2.45, 2.75) is 13.3 Å². The molecule has 4 aromatic rings. The Morgan fingerprint density at radius 2 is 1.66 bits per heavy atom. The van der Waals surface area contributed by atoms with E-state index in [1.807, 2.05) is 30.3 Å². The number of rotatable bonds is 6. The Morgan fingerprint density at radius 1 is 0.886 bits per heavy atom. The molecule has 1 aliphatic rings. The van der Waals surface area contributed by atoms with E-state index in [9.17, 15) is 4.79 Å². The molecule has 2 heterocycles. The molecule has 0 bridgehead atoms. The topological polar surface area (TPSA) is 83.0 Å². The SMILES string of the molecule is CC(=O)Nc1cccc(Nc2ncnc(N3CC=C(c4ccccc4-c4ccccc4)CC3)n2)c1. The highest BCUT2D eigenvalue weighted by atomic mass is 16.1. The van der Waals surface area contributed by atoms with Crippen LogP contribution in [-0.2, 0) is 4.79 Å². The number of hydrogen-bond acceptors (Lipinski definition) is 6. The first-order chi connectivity index (χ1) is 17.2. The molecule has 1 amide bonds. The average molecular weight is 463 g/mol. The van der Waals surface area contributed by atoms with E-state index in [4.69, 9.17) is 0 Å². The highest BCUT2D eigenvalue weighted by molar-refractivity contribution is 5.89. The van der Waals surface area contributed by atoms with Crippen molar-refractivity contribution in [1.82, 2.24) is 15.0 Å². The third-order valence-corrected chi connectivity index (χ3v) is 5.85. The summed E-state index contributed by atoms with van der Waals surface area (Å²) >= 11 is 0. The van der Waals surface area contributed by atoms with Gasteiger partial charge in [-0.15, -0.1) is 0 Å². The number of amides is 1. The van der Waals surface area contributed by atoms with Gasteiger partial charge in [0.05, 0.1) is 0 Å². The number of carbonyl (C=O) groups is 1. The smallest absolute Gasteiger partial charge is 0.232 e. The number of anilines is 4. The fraction of sp³-hybridized carbons (Fsp3) is 0.143. The van der Waals surface area contributed by atoms with E-state index in [0.29, 0.717) is 17.6 Å². The second-order valence-electron chi connectivity index (χ2n) is 8.33. The molecule has 1 aromatic heterocycles. The van der Waals surface area contributed by atoms with Gasteiger partial charge in [-0.3, -0.25) is 4.79 Å². The standard InChI is InChI=1S/C28H26N6O/c1-20(35)31-23-10-7-11-24(18-23)32-27-29-19-30-28(33-27)34-16-14-22(15-17-34)26-13-6-5-12-25(26)21-8-3-2-4-9-21/h2-14,18-19H,15-17H2,1H3,(H,31,35)(H,29,30,32,33). The van der Waals surface area contributed by atoms with Crippen LogP contribution in [0.25, 0.3) is 16.7 Å². The lowest BCUT2D eigenvalue weighted by Gasteiger charge is -2.27. The van der Waals surface area contributed by atoms with E-state index in [1.165, 1.54) is 35.5 Å². The van der Waals surface area contributed by atoms with E-state index >= 15 is 0 Å². The van der Waals surface area contributed by atoms with Crippen LogP contribution in [0.4, 0.5) is 23.3 Å². The van der Waals surface area contributed by atoms with Gasteiger partial charge in [0.15, 0.2) is 0 Å². The van der Waals surface area contributed by atoms with Gasteiger partial charge in [0, 0.05) is 31.4 Å². The van der Waals surface area contributed by atoms with Gasteiger partial charge in [0.25, 0.3) is 0 Å². The summed E-state index contributed by atoms with van der Waals surface area (Å²) in [6.07, 6.45) is 4.68. The number of benzene rings is 3. The number of hydrogen-bond donors (Lipinski definition) is 2. The molecular weight excluding hydrogens is 436 g/mol. The van der Waals surface area contributed by atoms with Gasteiger partial charge in [0.1, 0.15) is 6.33 Å². The molecule has 0 radical (unpaired) electrons. The van der Waals surface area contributed by atoms with Gasteiger partial charge in [0.2, 0.25) is 17.8 Å². The van der Waals surface area contributed by atoms with Crippen molar-refractivity contribution in [3.8, 4) is 11.1 Å². The Hall–Kier alpha value is -4.52. The lowest BCUT2D eigenvalue weighted by molar-refractivity contribution is -0.114. The molecule has 2 N–H and O–H groups in total. The second kappa shape index (κ2) is 10.2. The van der Waals surface area contributed by atoms with E-state index in [1.54, 1.807) is 0 Å². The number of aromatic nitrogens is 3. The van der Waals surface area contributed by atoms with E-state index in [0.717, 1.165) is 25.2 Å². The van der Waals surface area contributed by atoms with Gasteiger partial charge in [-0.25, -0.2) is 9.97 Å². The van der Waals surface area contributed by atoms with Crippen molar-refractivity contribution in [3.05, 3.63) is 96.8 Å². The monoisotopic (exact) mass is 462 g/mol. The van der Waals surface area contributed by atoms with Crippen molar-refractivity contribution in [2.24, 2.45) is 0 Å². The molecule has 7 heteroatoms. The minimum absolute atomic E-state index is 0.117. The quantitative estimate of drug-likeness (QED) is 0.392. The Labute approximate surface area is 204 Å². The first-order valence-corrected chi connectivity index (χ1v) is 11.6. The van der Waals surface area contributed by atoms with Crippen molar-refractivity contribution in [2.75, 3.05) is 28.6 Å². The van der Waals surface area contributed by atoms with Crippen LogP contribution in [0, 0.1) is 0 Å². The fourth-order valence-electron chi connectivity index (χ4n) is 4.24. The van der Waals surface area contributed by atoms with Crippen molar-refractivity contribution in [1.29, 1.82) is 0 Å².